The largest absolute Gasteiger partial charge is 0.504 e. The van der Waals surface area contributed by atoms with Crippen molar-refractivity contribution >= 4 is 5.97 Å². The molecule has 6 rings (SSSR count). The molecule has 2 heterocycles. The fourth-order valence-corrected chi connectivity index (χ4v) is 7.83. The normalized spacial score (nSPS) is 35.3. The fraction of sp³-hybridized carbons (Fsp3) is 0.741. The predicted molar refractivity (Wildman–Crippen MR) is 128 cm³/mol. The molecule has 0 radical (unpaired) electrons. The molecular formula is C27H38N2O5. The van der Waals surface area contributed by atoms with Gasteiger partial charge in [-0.3, -0.25) is 15.0 Å². The van der Waals surface area contributed by atoms with E-state index in [9.17, 15) is 15.0 Å². The Bertz CT molecular complexity index is 994. The molecule has 0 unspecified atom stereocenters. The number of hydrogen-bond acceptors (Lipinski definition) is 6. The molecule has 5 aliphatic rings. The molecule has 2 saturated carbocycles. The van der Waals surface area contributed by atoms with Crippen molar-refractivity contribution in [2.24, 2.45) is 17.8 Å². The number of carboxylic acids is 1. The first-order valence-electron chi connectivity index (χ1n) is 13.2. The van der Waals surface area contributed by atoms with Crippen molar-refractivity contribution in [2.45, 2.75) is 88.4 Å². The van der Waals surface area contributed by atoms with Gasteiger partial charge < -0.3 is 19.7 Å². The summed E-state index contributed by atoms with van der Waals surface area (Å²) in [7, 11) is 1.68. The van der Waals surface area contributed by atoms with Crippen LogP contribution in [-0.4, -0.2) is 65.5 Å². The molecule has 0 amide bonds. The molecule has 34 heavy (non-hydrogen) atoms. The van der Waals surface area contributed by atoms with Crippen LogP contribution in [-0.2, 0) is 16.6 Å². The van der Waals surface area contributed by atoms with Crippen molar-refractivity contribution in [1.29, 1.82) is 0 Å². The van der Waals surface area contributed by atoms with Gasteiger partial charge in [-0.2, -0.15) is 0 Å². The van der Waals surface area contributed by atoms with Crippen LogP contribution >= 0.6 is 0 Å². The van der Waals surface area contributed by atoms with Gasteiger partial charge in [0.1, 0.15) is 17.9 Å². The van der Waals surface area contributed by atoms with Gasteiger partial charge in [-0.15, -0.1) is 0 Å². The molecule has 186 valence electrons. The summed E-state index contributed by atoms with van der Waals surface area (Å²) in [4.78, 5) is 14.9. The van der Waals surface area contributed by atoms with Crippen LogP contribution in [0.2, 0.25) is 0 Å². The summed E-state index contributed by atoms with van der Waals surface area (Å²) in [5.74, 6) is 2.05. The first-order chi connectivity index (χ1) is 16.4. The molecule has 2 bridgehead atoms. The minimum atomic E-state index is -0.796. The Hall–Kier alpha value is -1.99. The van der Waals surface area contributed by atoms with Crippen LogP contribution in [0.1, 0.15) is 63.5 Å². The summed E-state index contributed by atoms with van der Waals surface area (Å²) < 4.78 is 12.4. The lowest BCUT2D eigenvalue weighted by Gasteiger charge is -2.60. The molecule has 3 aliphatic carbocycles. The number of aromatic hydroxyl groups is 1. The highest BCUT2D eigenvalue weighted by Gasteiger charge is 2.66. The first-order valence-corrected chi connectivity index (χ1v) is 13.2. The number of phenolic OH excluding ortho intramolecular Hbond substituents is 1. The average Bonchev–Trinajstić information content (AvgIpc) is 3.57. The van der Waals surface area contributed by atoms with Crippen LogP contribution in [0.5, 0.6) is 17.2 Å². The molecule has 3 N–H and O–H groups in total. The molecular weight excluding hydrogens is 432 g/mol. The highest BCUT2D eigenvalue weighted by atomic mass is 16.5. The maximum absolute atomic E-state index is 12.1. The van der Waals surface area contributed by atoms with Gasteiger partial charge in [0, 0.05) is 41.2 Å². The Morgan fingerprint density at radius 1 is 1.35 bits per heavy atom. The summed E-state index contributed by atoms with van der Waals surface area (Å²) in [6.45, 7) is 6.26. The van der Waals surface area contributed by atoms with Crippen molar-refractivity contribution < 1.29 is 24.5 Å². The van der Waals surface area contributed by atoms with Crippen LogP contribution < -0.4 is 14.8 Å². The van der Waals surface area contributed by atoms with Gasteiger partial charge in [-0.25, -0.2) is 0 Å². The zero-order valence-electron chi connectivity index (χ0n) is 20.5. The number of nitrogens with zero attached hydrogens (tertiary/aromatic N) is 1. The Labute approximate surface area is 201 Å². The van der Waals surface area contributed by atoms with E-state index < -0.39 is 12.0 Å². The number of methoxy groups -OCH3 is 1. The van der Waals surface area contributed by atoms with E-state index in [4.69, 9.17) is 9.47 Å². The number of piperidine rings is 1. The number of likely N-dealkylation sites (tertiary alicyclic amines) is 1. The van der Waals surface area contributed by atoms with E-state index >= 15 is 0 Å². The van der Waals surface area contributed by atoms with Gasteiger partial charge in [0.25, 0.3) is 0 Å². The number of carbonyl (C=O) groups is 1. The Kier molecular flexibility index (Phi) is 5.30. The van der Waals surface area contributed by atoms with Gasteiger partial charge in [0.05, 0.1) is 7.11 Å². The fourth-order valence-electron chi connectivity index (χ4n) is 7.83. The second kappa shape index (κ2) is 8.02. The number of aliphatic carboxylic acids is 1. The SMILES string of the molecule is CC[C@H](C)[C@H](N[C@H]1CC[C@H]2[C@H]3Cc4c(OC)cc(O)c5c4[C@@]2(CCN3CC2CC2)[C@H]1O5)C(=O)O. The third kappa shape index (κ3) is 3.12. The van der Waals surface area contributed by atoms with Crippen molar-refractivity contribution in [2.75, 3.05) is 20.2 Å². The summed E-state index contributed by atoms with van der Waals surface area (Å²) in [6, 6.07) is 1.49. The zero-order chi connectivity index (χ0) is 23.8. The van der Waals surface area contributed by atoms with Gasteiger partial charge in [0.15, 0.2) is 11.5 Å². The first kappa shape index (κ1) is 22.5. The number of ether oxygens (including phenoxy) is 2. The lowest BCUT2D eigenvalue weighted by atomic mass is 9.51. The Morgan fingerprint density at radius 2 is 2.15 bits per heavy atom. The Morgan fingerprint density at radius 3 is 2.82 bits per heavy atom. The third-order valence-electron chi connectivity index (χ3n) is 9.80. The van der Waals surface area contributed by atoms with Crippen LogP contribution in [0.4, 0.5) is 0 Å². The summed E-state index contributed by atoms with van der Waals surface area (Å²) in [5.41, 5.74) is 2.15. The molecule has 0 aromatic heterocycles. The minimum absolute atomic E-state index is 0.0278. The van der Waals surface area contributed by atoms with E-state index in [1.807, 2.05) is 13.8 Å². The van der Waals surface area contributed by atoms with Crippen molar-refractivity contribution in [3.05, 3.63) is 17.2 Å². The van der Waals surface area contributed by atoms with Crippen LogP contribution in [0.25, 0.3) is 0 Å². The van der Waals surface area contributed by atoms with Crippen LogP contribution in [0.3, 0.4) is 0 Å². The number of rotatable bonds is 8. The number of phenols is 1. The van der Waals surface area contributed by atoms with E-state index in [1.54, 1.807) is 13.2 Å². The molecule has 3 fully saturated rings. The topological polar surface area (TPSA) is 91.3 Å². The van der Waals surface area contributed by atoms with E-state index in [0.717, 1.165) is 55.9 Å². The molecule has 7 heteroatoms. The van der Waals surface area contributed by atoms with Gasteiger partial charge in [-0.05, 0) is 62.8 Å². The quantitative estimate of drug-likeness (QED) is 0.537. The smallest absolute Gasteiger partial charge is 0.320 e. The highest BCUT2D eigenvalue weighted by molar-refractivity contribution is 5.74. The maximum atomic E-state index is 12.1. The van der Waals surface area contributed by atoms with Gasteiger partial charge in [0.2, 0.25) is 0 Å². The maximum Gasteiger partial charge on any atom is 0.320 e. The number of hydrogen-bond donors (Lipinski definition) is 3. The van der Waals surface area contributed by atoms with Gasteiger partial charge >= 0.3 is 5.97 Å². The lowest BCUT2D eigenvalue weighted by molar-refractivity contribution is -0.142. The summed E-state index contributed by atoms with van der Waals surface area (Å²) in [5, 5.41) is 24.4. The zero-order valence-corrected chi connectivity index (χ0v) is 20.5. The molecule has 1 saturated heterocycles. The highest BCUT2D eigenvalue weighted by Crippen LogP contribution is 2.65. The third-order valence-corrected chi connectivity index (χ3v) is 9.80. The van der Waals surface area contributed by atoms with Crippen molar-refractivity contribution in [3.8, 4) is 17.2 Å². The number of carboxylic acid groups (broad SMARTS) is 1. The van der Waals surface area contributed by atoms with Gasteiger partial charge in [-0.1, -0.05) is 20.3 Å². The molecule has 2 aliphatic heterocycles. The number of benzene rings is 1. The lowest BCUT2D eigenvalue weighted by Crippen LogP contribution is -2.69. The van der Waals surface area contributed by atoms with E-state index in [1.165, 1.54) is 24.9 Å². The van der Waals surface area contributed by atoms with Crippen LogP contribution in [0.15, 0.2) is 6.07 Å². The second-order valence-corrected chi connectivity index (χ2v) is 11.5. The molecule has 7 atom stereocenters. The number of nitrogens with one attached hydrogen (secondary N) is 1. The van der Waals surface area contributed by atoms with Crippen LogP contribution in [0, 0.1) is 17.8 Å². The standard InChI is InChI=1S/C27H38N2O5/c1-4-14(2)23(26(31)32)28-18-8-7-17-19-11-16-21(33-3)12-20(30)24-22(16)27(17,25(18)34-24)9-10-29(19)13-15-5-6-15/h12,14-15,17-19,23,25,28,30H,4-11,13H2,1-3H3,(H,31,32)/t14-,17-,18-,19+,23-,25-,27-/m0/s1. The molecule has 1 aromatic carbocycles. The van der Waals surface area contributed by atoms with Crippen molar-refractivity contribution in [1.82, 2.24) is 10.2 Å². The summed E-state index contributed by atoms with van der Waals surface area (Å²) in [6.07, 6.45) is 7.19. The van der Waals surface area contributed by atoms with E-state index in [-0.39, 0.29) is 29.2 Å². The monoisotopic (exact) mass is 470 g/mol. The molecule has 1 spiro atoms. The predicted octanol–water partition coefficient (Wildman–Crippen LogP) is 3.31. The van der Waals surface area contributed by atoms with E-state index in [0.29, 0.717) is 17.7 Å². The minimum Gasteiger partial charge on any atom is -0.504 e. The molecule has 1 aromatic rings. The average molecular weight is 471 g/mol. The Balaban J connectivity index is 1.43. The second-order valence-electron chi connectivity index (χ2n) is 11.5. The molecule has 7 nitrogen and oxygen atoms in total. The van der Waals surface area contributed by atoms with E-state index in [2.05, 4.69) is 10.2 Å². The summed E-state index contributed by atoms with van der Waals surface area (Å²) >= 11 is 0. The van der Waals surface area contributed by atoms with Crippen molar-refractivity contribution in [3.63, 3.8) is 0 Å².